The Hall–Kier alpha value is -2.03. The van der Waals surface area contributed by atoms with Gasteiger partial charge in [0.25, 0.3) is 0 Å². The van der Waals surface area contributed by atoms with E-state index in [9.17, 15) is 5.11 Å². The predicted octanol–water partition coefficient (Wildman–Crippen LogP) is 2.34. The number of phenolic OH excluding ortho intramolecular Hbond substituents is 1. The largest absolute Gasteiger partial charge is 0.508 e. The molecule has 0 amide bonds. The van der Waals surface area contributed by atoms with Gasteiger partial charge in [-0.25, -0.2) is 0 Å². The van der Waals surface area contributed by atoms with E-state index in [0.717, 1.165) is 16.8 Å². The van der Waals surface area contributed by atoms with E-state index in [1.807, 2.05) is 19.1 Å². The average molecular weight is 200 g/mol. The van der Waals surface area contributed by atoms with Crippen molar-refractivity contribution < 1.29 is 5.11 Å². The third kappa shape index (κ3) is 1.91. The minimum absolute atomic E-state index is 0.242. The predicted molar refractivity (Wildman–Crippen MR) is 60.5 cm³/mol. The Kier molecular flexibility index (Phi) is 2.29. The van der Waals surface area contributed by atoms with Crippen molar-refractivity contribution in [3.63, 3.8) is 0 Å². The number of phenols is 1. The van der Waals surface area contributed by atoms with Crippen LogP contribution in [0, 0.1) is 6.92 Å². The summed E-state index contributed by atoms with van der Waals surface area (Å²) in [5, 5.41) is 9.35. The van der Waals surface area contributed by atoms with Gasteiger partial charge in [0.05, 0.1) is 11.4 Å². The highest BCUT2D eigenvalue weighted by molar-refractivity contribution is 5.68. The molecule has 15 heavy (non-hydrogen) atoms. The molecule has 0 saturated carbocycles. The Morgan fingerprint density at radius 1 is 1.20 bits per heavy atom. The fourth-order valence-electron chi connectivity index (χ4n) is 1.39. The van der Waals surface area contributed by atoms with Crippen molar-refractivity contribution in [3.05, 3.63) is 42.2 Å². The van der Waals surface area contributed by atoms with Crippen LogP contribution in [0.1, 0.15) is 5.69 Å². The number of aromatic hydroxyl groups is 1. The van der Waals surface area contributed by atoms with Gasteiger partial charge in [-0.2, -0.15) is 0 Å². The van der Waals surface area contributed by atoms with E-state index in [1.165, 1.54) is 0 Å². The van der Waals surface area contributed by atoms with Gasteiger partial charge in [0, 0.05) is 11.8 Å². The first kappa shape index (κ1) is 9.52. The molecule has 76 valence electrons. The van der Waals surface area contributed by atoms with E-state index in [0.29, 0.717) is 5.69 Å². The van der Waals surface area contributed by atoms with Crippen LogP contribution in [0.5, 0.6) is 5.75 Å². The highest BCUT2D eigenvalue weighted by atomic mass is 16.3. The van der Waals surface area contributed by atoms with Crippen molar-refractivity contribution in [2.24, 2.45) is 0 Å². The van der Waals surface area contributed by atoms with Gasteiger partial charge in [-0.3, -0.25) is 4.98 Å². The van der Waals surface area contributed by atoms with Crippen LogP contribution < -0.4 is 5.73 Å². The number of nitrogens with two attached hydrogens (primary N) is 1. The first-order chi connectivity index (χ1) is 7.16. The van der Waals surface area contributed by atoms with Crippen LogP contribution in [0.3, 0.4) is 0 Å². The molecule has 1 aromatic carbocycles. The Balaban J connectivity index is 2.50. The molecule has 0 aliphatic heterocycles. The van der Waals surface area contributed by atoms with Crippen LogP contribution in [-0.2, 0) is 0 Å². The molecule has 3 N–H and O–H groups in total. The summed E-state index contributed by atoms with van der Waals surface area (Å²) < 4.78 is 0. The first-order valence-corrected chi connectivity index (χ1v) is 4.68. The van der Waals surface area contributed by atoms with Crippen molar-refractivity contribution in [1.29, 1.82) is 0 Å². The second-order valence-corrected chi connectivity index (χ2v) is 3.45. The van der Waals surface area contributed by atoms with Crippen molar-refractivity contribution in [2.75, 3.05) is 5.73 Å². The highest BCUT2D eigenvalue weighted by Gasteiger charge is 2.01. The second kappa shape index (κ2) is 3.61. The molecular weight excluding hydrogens is 188 g/mol. The van der Waals surface area contributed by atoms with Crippen LogP contribution in [-0.4, -0.2) is 10.1 Å². The molecule has 2 rings (SSSR count). The van der Waals surface area contributed by atoms with E-state index >= 15 is 0 Å². The van der Waals surface area contributed by atoms with E-state index < -0.39 is 0 Å². The molecule has 0 unspecified atom stereocenters. The molecule has 3 heteroatoms. The van der Waals surface area contributed by atoms with Crippen LogP contribution in [0.25, 0.3) is 11.1 Å². The zero-order chi connectivity index (χ0) is 10.8. The van der Waals surface area contributed by atoms with Gasteiger partial charge < -0.3 is 10.8 Å². The van der Waals surface area contributed by atoms with E-state index in [4.69, 9.17) is 5.73 Å². The number of anilines is 1. The van der Waals surface area contributed by atoms with Gasteiger partial charge in [-0.1, -0.05) is 12.1 Å². The van der Waals surface area contributed by atoms with E-state index in [2.05, 4.69) is 4.98 Å². The molecule has 0 saturated heterocycles. The zero-order valence-electron chi connectivity index (χ0n) is 8.44. The summed E-state index contributed by atoms with van der Waals surface area (Å²) in [4.78, 5) is 4.18. The monoisotopic (exact) mass is 200 g/mol. The third-order valence-corrected chi connectivity index (χ3v) is 2.31. The summed E-state index contributed by atoms with van der Waals surface area (Å²) in [6, 6.07) is 8.88. The summed E-state index contributed by atoms with van der Waals surface area (Å²) in [6.45, 7) is 1.86. The third-order valence-electron chi connectivity index (χ3n) is 2.31. The Labute approximate surface area is 88.2 Å². The molecule has 0 radical (unpaired) electrons. The number of hydrogen-bond donors (Lipinski definition) is 2. The minimum atomic E-state index is 0.242. The van der Waals surface area contributed by atoms with E-state index in [1.54, 1.807) is 24.4 Å². The number of nitrogen functional groups attached to an aromatic ring is 1. The maximum Gasteiger partial charge on any atom is 0.116 e. The molecule has 0 spiro atoms. The van der Waals surface area contributed by atoms with Gasteiger partial charge in [0.15, 0.2) is 0 Å². The number of aryl methyl sites for hydroxylation is 1. The summed E-state index contributed by atoms with van der Waals surface area (Å²) in [5.74, 6) is 0.242. The SMILES string of the molecule is Cc1ncc(-c2cccc(O)c2)cc1N. The lowest BCUT2D eigenvalue weighted by atomic mass is 10.1. The topological polar surface area (TPSA) is 59.1 Å². The van der Waals surface area contributed by atoms with Crippen LogP contribution in [0.2, 0.25) is 0 Å². The zero-order valence-corrected chi connectivity index (χ0v) is 8.44. The Morgan fingerprint density at radius 3 is 2.67 bits per heavy atom. The fourth-order valence-corrected chi connectivity index (χ4v) is 1.39. The number of hydrogen-bond acceptors (Lipinski definition) is 3. The summed E-state index contributed by atoms with van der Waals surface area (Å²) in [6.07, 6.45) is 1.75. The van der Waals surface area contributed by atoms with Crippen LogP contribution in [0.15, 0.2) is 36.5 Å². The van der Waals surface area contributed by atoms with Gasteiger partial charge in [0.1, 0.15) is 5.75 Å². The molecule has 0 bridgehead atoms. The standard InChI is InChI=1S/C12H12N2O/c1-8-12(13)6-10(7-14-8)9-3-2-4-11(15)5-9/h2-7,15H,13H2,1H3. The Morgan fingerprint density at radius 2 is 2.00 bits per heavy atom. The second-order valence-electron chi connectivity index (χ2n) is 3.45. The summed E-state index contributed by atoms with van der Waals surface area (Å²) >= 11 is 0. The smallest absolute Gasteiger partial charge is 0.116 e. The normalized spacial score (nSPS) is 10.2. The lowest BCUT2D eigenvalue weighted by Gasteiger charge is -2.04. The average Bonchev–Trinajstić information content (AvgIpc) is 2.22. The van der Waals surface area contributed by atoms with Gasteiger partial charge >= 0.3 is 0 Å². The number of aromatic nitrogens is 1. The van der Waals surface area contributed by atoms with E-state index in [-0.39, 0.29) is 5.75 Å². The molecular formula is C12H12N2O. The van der Waals surface area contributed by atoms with Crippen molar-refractivity contribution in [3.8, 4) is 16.9 Å². The molecule has 1 heterocycles. The Bertz CT molecular complexity index is 495. The van der Waals surface area contributed by atoms with Gasteiger partial charge in [0.2, 0.25) is 0 Å². The maximum absolute atomic E-state index is 9.35. The highest BCUT2D eigenvalue weighted by Crippen LogP contribution is 2.24. The molecule has 0 aliphatic rings. The summed E-state index contributed by atoms with van der Waals surface area (Å²) in [5.41, 5.74) is 9.07. The van der Waals surface area contributed by atoms with Crippen molar-refractivity contribution >= 4 is 5.69 Å². The van der Waals surface area contributed by atoms with Gasteiger partial charge in [-0.05, 0) is 30.7 Å². The maximum atomic E-state index is 9.35. The quantitative estimate of drug-likeness (QED) is 0.742. The lowest BCUT2D eigenvalue weighted by Crippen LogP contribution is -1.93. The van der Waals surface area contributed by atoms with Crippen LogP contribution in [0.4, 0.5) is 5.69 Å². The first-order valence-electron chi connectivity index (χ1n) is 4.68. The number of benzene rings is 1. The van der Waals surface area contributed by atoms with Crippen molar-refractivity contribution in [2.45, 2.75) is 6.92 Å². The number of rotatable bonds is 1. The molecule has 3 nitrogen and oxygen atoms in total. The molecule has 2 aromatic rings. The minimum Gasteiger partial charge on any atom is -0.508 e. The number of nitrogens with zero attached hydrogens (tertiary/aromatic N) is 1. The summed E-state index contributed by atoms with van der Waals surface area (Å²) in [7, 11) is 0. The molecule has 0 atom stereocenters. The van der Waals surface area contributed by atoms with Crippen molar-refractivity contribution in [1.82, 2.24) is 4.98 Å². The fraction of sp³-hybridized carbons (Fsp3) is 0.0833. The number of pyridine rings is 1. The van der Waals surface area contributed by atoms with Crippen LogP contribution >= 0.6 is 0 Å². The van der Waals surface area contributed by atoms with Gasteiger partial charge in [-0.15, -0.1) is 0 Å². The molecule has 1 aromatic heterocycles. The molecule has 0 fully saturated rings. The molecule has 0 aliphatic carbocycles. The lowest BCUT2D eigenvalue weighted by molar-refractivity contribution is 0.475.